The Balaban J connectivity index is 1.69. The number of halogens is 1. The first-order valence-electron chi connectivity index (χ1n) is 7.48. The molecule has 0 spiro atoms. The molecule has 0 atom stereocenters. The van der Waals surface area contributed by atoms with Gasteiger partial charge in [0.2, 0.25) is 15.9 Å². The molecule has 0 saturated heterocycles. The van der Waals surface area contributed by atoms with Crippen molar-refractivity contribution in [2.75, 3.05) is 11.9 Å². The Morgan fingerprint density at radius 2 is 1.60 bits per heavy atom. The molecule has 0 aromatic heterocycles. The summed E-state index contributed by atoms with van der Waals surface area (Å²) in [4.78, 5) is 12.2. The summed E-state index contributed by atoms with van der Waals surface area (Å²) in [5.41, 5.74) is 0.633. The minimum Gasteiger partial charge on any atom is -0.324 e. The van der Waals surface area contributed by atoms with Crippen LogP contribution in [0.2, 0.25) is 5.02 Å². The zero-order chi connectivity index (χ0) is 17.9. The number of carbonyl (C=O) groups is 1. The number of amides is 1. The highest BCUT2D eigenvalue weighted by Crippen LogP contribution is 2.22. The SMILES string of the molecule is O=C(CNS(=O)(=O)c1ccc(Cl)cc1)Nc1cccc2ccccc12. The fourth-order valence-corrected chi connectivity index (χ4v) is 3.49. The van der Waals surface area contributed by atoms with E-state index in [1.54, 1.807) is 6.07 Å². The Kier molecular flexibility index (Phi) is 5.03. The first-order valence-corrected chi connectivity index (χ1v) is 9.35. The van der Waals surface area contributed by atoms with E-state index in [-0.39, 0.29) is 11.4 Å². The van der Waals surface area contributed by atoms with Gasteiger partial charge >= 0.3 is 0 Å². The zero-order valence-corrected chi connectivity index (χ0v) is 14.6. The van der Waals surface area contributed by atoms with Crippen LogP contribution in [0.25, 0.3) is 10.8 Å². The van der Waals surface area contributed by atoms with Gasteiger partial charge in [-0.25, -0.2) is 13.1 Å². The van der Waals surface area contributed by atoms with Gasteiger partial charge in [-0.1, -0.05) is 48.0 Å². The van der Waals surface area contributed by atoms with Gasteiger partial charge in [0.05, 0.1) is 11.4 Å². The van der Waals surface area contributed by atoms with Gasteiger partial charge in [0.15, 0.2) is 0 Å². The molecule has 25 heavy (non-hydrogen) atoms. The predicted octanol–water partition coefficient (Wildman–Crippen LogP) is 3.41. The van der Waals surface area contributed by atoms with Crippen LogP contribution in [0.3, 0.4) is 0 Å². The van der Waals surface area contributed by atoms with Crippen LogP contribution in [0.5, 0.6) is 0 Å². The normalized spacial score (nSPS) is 11.4. The van der Waals surface area contributed by atoms with Gasteiger partial charge in [-0.3, -0.25) is 4.79 Å². The van der Waals surface area contributed by atoms with Crippen LogP contribution in [-0.4, -0.2) is 20.9 Å². The molecule has 0 aliphatic heterocycles. The first-order chi connectivity index (χ1) is 12.0. The number of sulfonamides is 1. The molecular formula is C18H15ClN2O3S. The van der Waals surface area contributed by atoms with Crippen LogP contribution in [0, 0.1) is 0 Å². The Hall–Kier alpha value is -2.41. The zero-order valence-electron chi connectivity index (χ0n) is 13.1. The van der Waals surface area contributed by atoms with Crippen LogP contribution in [0.4, 0.5) is 5.69 Å². The number of fused-ring (bicyclic) bond motifs is 1. The third-order valence-corrected chi connectivity index (χ3v) is 5.28. The third-order valence-electron chi connectivity index (χ3n) is 3.61. The minimum atomic E-state index is -3.78. The Bertz CT molecular complexity index is 1010. The molecular weight excluding hydrogens is 360 g/mol. The van der Waals surface area contributed by atoms with E-state index in [1.165, 1.54) is 24.3 Å². The van der Waals surface area contributed by atoms with E-state index >= 15 is 0 Å². The molecule has 3 aromatic carbocycles. The molecule has 3 aromatic rings. The molecule has 128 valence electrons. The lowest BCUT2D eigenvalue weighted by atomic mass is 10.1. The average Bonchev–Trinajstić information content (AvgIpc) is 2.61. The molecule has 5 nitrogen and oxygen atoms in total. The fourth-order valence-electron chi connectivity index (χ4n) is 2.39. The summed E-state index contributed by atoms with van der Waals surface area (Å²) in [5.74, 6) is -0.450. The number of rotatable bonds is 5. The monoisotopic (exact) mass is 374 g/mol. The van der Waals surface area contributed by atoms with Crippen LogP contribution < -0.4 is 10.0 Å². The molecule has 0 radical (unpaired) electrons. The topological polar surface area (TPSA) is 75.3 Å². The maximum atomic E-state index is 12.2. The molecule has 0 fully saturated rings. The third kappa shape index (κ3) is 4.17. The summed E-state index contributed by atoms with van der Waals surface area (Å²) in [6, 6.07) is 18.9. The predicted molar refractivity (Wildman–Crippen MR) is 99.2 cm³/mol. The summed E-state index contributed by atoms with van der Waals surface area (Å²) in [5, 5.41) is 5.04. The Morgan fingerprint density at radius 3 is 2.36 bits per heavy atom. The Labute approximate surface area is 150 Å². The smallest absolute Gasteiger partial charge is 0.241 e. The van der Waals surface area contributed by atoms with E-state index in [9.17, 15) is 13.2 Å². The first kappa shape index (κ1) is 17.4. The van der Waals surface area contributed by atoms with Crippen LogP contribution in [-0.2, 0) is 14.8 Å². The second-order valence-electron chi connectivity index (χ2n) is 5.35. The van der Waals surface area contributed by atoms with Crippen molar-refractivity contribution < 1.29 is 13.2 Å². The van der Waals surface area contributed by atoms with E-state index in [2.05, 4.69) is 10.0 Å². The van der Waals surface area contributed by atoms with Crippen molar-refractivity contribution in [1.29, 1.82) is 0 Å². The molecule has 0 aliphatic rings. The van der Waals surface area contributed by atoms with Crippen LogP contribution >= 0.6 is 11.6 Å². The Morgan fingerprint density at radius 1 is 0.920 bits per heavy atom. The summed E-state index contributed by atoms with van der Waals surface area (Å²) < 4.78 is 26.6. The molecule has 1 amide bonds. The molecule has 0 aliphatic carbocycles. The summed E-state index contributed by atoms with van der Waals surface area (Å²) in [6.45, 7) is -0.367. The lowest BCUT2D eigenvalue weighted by Crippen LogP contribution is -2.32. The number of anilines is 1. The highest BCUT2D eigenvalue weighted by atomic mass is 35.5. The summed E-state index contributed by atoms with van der Waals surface area (Å²) in [7, 11) is -3.78. The van der Waals surface area contributed by atoms with E-state index in [0.29, 0.717) is 10.7 Å². The summed E-state index contributed by atoms with van der Waals surface area (Å²) >= 11 is 5.75. The van der Waals surface area contributed by atoms with E-state index in [4.69, 9.17) is 11.6 Å². The molecule has 0 saturated carbocycles. The van der Waals surface area contributed by atoms with Gasteiger partial charge in [0, 0.05) is 16.1 Å². The lowest BCUT2D eigenvalue weighted by molar-refractivity contribution is -0.115. The number of nitrogens with one attached hydrogen (secondary N) is 2. The molecule has 0 unspecified atom stereocenters. The molecule has 0 bridgehead atoms. The number of hydrogen-bond acceptors (Lipinski definition) is 3. The van der Waals surface area contributed by atoms with Gasteiger partial charge in [-0.05, 0) is 35.7 Å². The second kappa shape index (κ2) is 7.23. The quantitative estimate of drug-likeness (QED) is 0.718. The van der Waals surface area contributed by atoms with Crippen LogP contribution in [0.15, 0.2) is 71.6 Å². The molecule has 0 heterocycles. The van der Waals surface area contributed by atoms with Gasteiger partial charge in [0.1, 0.15) is 0 Å². The maximum absolute atomic E-state index is 12.2. The van der Waals surface area contributed by atoms with Crippen molar-refractivity contribution in [2.24, 2.45) is 0 Å². The van der Waals surface area contributed by atoms with Crippen molar-refractivity contribution in [3.8, 4) is 0 Å². The standard InChI is InChI=1S/C18H15ClN2O3S/c19-14-8-10-15(11-9-14)25(23,24)20-12-18(22)21-17-7-3-5-13-4-1-2-6-16(13)17/h1-11,20H,12H2,(H,21,22). The van der Waals surface area contributed by atoms with Crippen molar-refractivity contribution >= 4 is 44.0 Å². The van der Waals surface area contributed by atoms with E-state index < -0.39 is 15.9 Å². The average molecular weight is 375 g/mol. The molecule has 3 rings (SSSR count). The minimum absolute atomic E-state index is 0.0508. The van der Waals surface area contributed by atoms with Gasteiger partial charge < -0.3 is 5.32 Å². The van der Waals surface area contributed by atoms with Crippen molar-refractivity contribution in [1.82, 2.24) is 4.72 Å². The number of hydrogen-bond donors (Lipinski definition) is 2. The van der Waals surface area contributed by atoms with Gasteiger partial charge in [-0.2, -0.15) is 0 Å². The second-order valence-corrected chi connectivity index (χ2v) is 7.56. The molecule has 7 heteroatoms. The van der Waals surface area contributed by atoms with Crippen molar-refractivity contribution in [2.45, 2.75) is 4.90 Å². The van der Waals surface area contributed by atoms with Gasteiger partial charge in [0.25, 0.3) is 0 Å². The van der Waals surface area contributed by atoms with Gasteiger partial charge in [-0.15, -0.1) is 0 Å². The number of carbonyl (C=O) groups excluding carboxylic acids is 1. The van der Waals surface area contributed by atoms with E-state index in [0.717, 1.165) is 10.8 Å². The summed E-state index contributed by atoms with van der Waals surface area (Å²) in [6.07, 6.45) is 0. The maximum Gasteiger partial charge on any atom is 0.241 e. The number of benzene rings is 3. The highest BCUT2D eigenvalue weighted by molar-refractivity contribution is 7.89. The van der Waals surface area contributed by atoms with Crippen LogP contribution in [0.1, 0.15) is 0 Å². The van der Waals surface area contributed by atoms with Crippen molar-refractivity contribution in [3.05, 3.63) is 71.8 Å². The highest BCUT2D eigenvalue weighted by Gasteiger charge is 2.15. The largest absolute Gasteiger partial charge is 0.324 e. The molecule has 2 N–H and O–H groups in total. The van der Waals surface area contributed by atoms with Crippen molar-refractivity contribution in [3.63, 3.8) is 0 Å². The lowest BCUT2D eigenvalue weighted by Gasteiger charge is -2.10. The van der Waals surface area contributed by atoms with E-state index in [1.807, 2.05) is 36.4 Å². The fraction of sp³-hybridized carbons (Fsp3) is 0.0556.